The van der Waals surface area contributed by atoms with Gasteiger partial charge in [-0.05, 0) is 42.9 Å². The third-order valence-corrected chi connectivity index (χ3v) is 7.53. The second-order valence-electron chi connectivity index (χ2n) is 9.72. The van der Waals surface area contributed by atoms with E-state index >= 15 is 0 Å². The molecule has 0 aromatic heterocycles. The molecule has 2 fully saturated rings. The quantitative estimate of drug-likeness (QED) is 0.534. The molecule has 1 saturated heterocycles. The van der Waals surface area contributed by atoms with Gasteiger partial charge < -0.3 is 10.2 Å². The van der Waals surface area contributed by atoms with E-state index < -0.39 is 0 Å². The van der Waals surface area contributed by atoms with E-state index in [-0.39, 0.29) is 24.0 Å². The monoisotopic (exact) mass is 443 g/mol. The smallest absolute Gasteiger partial charge is 0.226 e. The number of hydrogen-bond donors (Lipinski definition) is 1. The Morgan fingerprint density at radius 2 is 1.79 bits per heavy atom. The Morgan fingerprint density at radius 1 is 1.06 bits per heavy atom. The Balaban J connectivity index is 1.63. The van der Waals surface area contributed by atoms with Crippen molar-refractivity contribution in [3.05, 3.63) is 71.3 Å². The molecule has 1 amide bonds. The fourth-order valence-corrected chi connectivity index (χ4v) is 5.79. The van der Waals surface area contributed by atoms with Crippen LogP contribution in [0.25, 0.3) is 0 Å². The van der Waals surface area contributed by atoms with E-state index in [2.05, 4.69) is 47.5 Å². The highest BCUT2D eigenvalue weighted by molar-refractivity contribution is 5.80. The van der Waals surface area contributed by atoms with Crippen LogP contribution in [0.15, 0.2) is 54.6 Å². The standard InChI is InChI=1S/C29H37N3O/c1-2-3-18-26-19-27(31-21-25-17-11-10-16-24(25)20-30)28(22-12-6-4-7-13-22)32(26)29(33)23-14-8-5-9-15-23/h4,6-7,10-13,16-17,23,26-28,31H,2-3,5,8-9,14-15,18-19,21H2,1H3. The van der Waals surface area contributed by atoms with Crippen molar-refractivity contribution in [3.63, 3.8) is 0 Å². The minimum Gasteiger partial charge on any atom is -0.331 e. The molecule has 174 valence electrons. The fraction of sp³-hybridized carbons (Fsp3) is 0.517. The van der Waals surface area contributed by atoms with Crippen molar-refractivity contribution in [2.45, 2.75) is 89.4 Å². The number of likely N-dealkylation sites (tertiary alicyclic amines) is 1. The number of amides is 1. The lowest BCUT2D eigenvalue weighted by molar-refractivity contribution is -0.140. The van der Waals surface area contributed by atoms with Gasteiger partial charge in [0.15, 0.2) is 0 Å². The fourth-order valence-electron chi connectivity index (χ4n) is 5.79. The zero-order valence-corrected chi connectivity index (χ0v) is 19.9. The molecule has 4 rings (SSSR count). The van der Waals surface area contributed by atoms with Crippen LogP contribution in [0.3, 0.4) is 0 Å². The summed E-state index contributed by atoms with van der Waals surface area (Å²) in [5, 5.41) is 13.3. The molecule has 2 aromatic rings. The van der Waals surface area contributed by atoms with Gasteiger partial charge in [-0.3, -0.25) is 4.79 Å². The van der Waals surface area contributed by atoms with E-state index in [1.165, 1.54) is 24.8 Å². The Hall–Kier alpha value is -2.64. The van der Waals surface area contributed by atoms with Gasteiger partial charge >= 0.3 is 0 Å². The number of hydrogen-bond acceptors (Lipinski definition) is 3. The van der Waals surface area contributed by atoms with Crippen molar-refractivity contribution >= 4 is 5.91 Å². The highest BCUT2D eigenvalue weighted by Crippen LogP contribution is 2.41. The van der Waals surface area contributed by atoms with Crippen molar-refractivity contribution in [2.24, 2.45) is 5.92 Å². The molecule has 4 heteroatoms. The average molecular weight is 444 g/mol. The molecule has 1 N–H and O–H groups in total. The van der Waals surface area contributed by atoms with Gasteiger partial charge in [-0.1, -0.05) is 87.6 Å². The summed E-state index contributed by atoms with van der Waals surface area (Å²) < 4.78 is 0. The molecule has 0 radical (unpaired) electrons. The summed E-state index contributed by atoms with van der Waals surface area (Å²) in [7, 11) is 0. The molecule has 4 nitrogen and oxygen atoms in total. The molecule has 0 spiro atoms. The van der Waals surface area contributed by atoms with E-state index in [9.17, 15) is 10.1 Å². The Kier molecular flexibility index (Phi) is 8.18. The van der Waals surface area contributed by atoms with Crippen LogP contribution in [0, 0.1) is 17.2 Å². The molecule has 1 aliphatic carbocycles. The maximum atomic E-state index is 13.9. The summed E-state index contributed by atoms with van der Waals surface area (Å²) in [5.41, 5.74) is 2.96. The Bertz CT molecular complexity index is 945. The van der Waals surface area contributed by atoms with Gasteiger partial charge in [0.2, 0.25) is 5.91 Å². The number of unbranched alkanes of at least 4 members (excludes halogenated alkanes) is 1. The number of carbonyl (C=O) groups excluding carboxylic acids is 1. The lowest BCUT2D eigenvalue weighted by Gasteiger charge is -2.36. The minimum atomic E-state index is 0.0386. The van der Waals surface area contributed by atoms with Crippen LogP contribution in [-0.2, 0) is 11.3 Å². The van der Waals surface area contributed by atoms with Crippen LogP contribution in [-0.4, -0.2) is 22.9 Å². The normalized spacial score (nSPS) is 23.4. The highest BCUT2D eigenvalue weighted by Gasteiger charge is 2.45. The number of nitriles is 1. The first kappa shape index (κ1) is 23.5. The molecule has 2 aliphatic rings. The predicted octanol–water partition coefficient (Wildman–Crippen LogP) is 6.13. The third-order valence-electron chi connectivity index (χ3n) is 7.53. The van der Waals surface area contributed by atoms with Crippen molar-refractivity contribution in [3.8, 4) is 6.07 Å². The number of nitrogens with zero attached hydrogens (tertiary/aromatic N) is 2. The lowest BCUT2D eigenvalue weighted by Crippen LogP contribution is -2.44. The van der Waals surface area contributed by atoms with Crippen molar-refractivity contribution in [1.82, 2.24) is 10.2 Å². The van der Waals surface area contributed by atoms with E-state index in [1.807, 2.05) is 30.3 Å². The van der Waals surface area contributed by atoms with Gasteiger partial charge in [0.1, 0.15) is 0 Å². The molecular weight excluding hydrogens is 406 g/mol. The van der Waals surface area contributed by atoms with Gasteiger partial charge in [0.25, 0.3) is 0 Å². The summed E-state index contributed by atoms with van der Waals surface area (Å²) in [5.74, 6) is 0.540. The highest BCUT2D eigenvalue weighted by atomic mass is 16.2. The molecule has 2 aromatic carbocycles. The van der Waals surface area contributed by atoms with E-state index in [1.54, 1.807) is 0 Å². The lowest BCUT2D eigenvalue weighted by atomic mass is 9.87. The largest absolute Gasteiger partial charge is 0.331 e. The number of nitrogens with one attached hydrogen (secondary N) is 1. The van der Waals surface area contributed by atoms with E-state index in [4.69, 9.17) is 0 Å². The zero-order chi connectivity index (χ0) is 23.0. The number of rotatable bonds is 8. The molecule has 0 bridgehead atoms. The zero-order valence-electron chi connectivity index (χ0n) is 19.9. The summed E-state index contributed by atoms with van der Waals surface area (Å²) in [6, 6.07) is 21.2. The van der Waals surface area contributed by atoms with E-state index in [0.717, 1.165) is 49.7 Å². The van der Waals surface area contributed by atoms with Crippen LogP contribution in [0.1, 0.15) is 87.4 Å². The summed E-state index contributed by atoms with van der Waals surface area (Å²) in [6.07, 6.45) is 9.98. The number of carbonyl (C=O) groups is 1. The second-order valence-corrected chi connectivity index (χ2v) is 9.72. The van der Waals surface area contributed by atoms with Crippen molar-refractivity contribution in [2.75, 3.05) is 0 Å². The predicted molar refractivity (Wildman–Crippen MR) is 132 cm³/mol. The van der Waals surface area contributed by atoms with Crippen molar-refractivity contribution in [1.29, 1.82) is 5.26 Å². The maximum absolute atomic E-state index is 13.9. The minimum absolute atomic E-state index is 0.0386. The van der Waals surface area contributed by atoms with Crippen LogP contribution in [0.4, 0.5) is 0 Å². The average Bonchev–Trinajstić information content (AvgIpc) is 3.25. The first-order chi connectivity index (χ1) is 16.2. The summed E-state index contributed by atoms with van der Waals surface area (Å²) in [6.45, 7) is 2.87. The van der Waals surface area contributed by atoms with E-state index in [0.29, 0.717) is 12.5 Å². The van der Waals surface area contributed by atoms with Crippen LogP contribution >= 0.6 is 0 Å². The summed E-state index contributed by atoms with van der Waals surface area (Å²) >= 11 is 0. The van der Waals surface area contributed by atoms with Gasteiger partial charge in [0.05, 0.1) is 17.7 Å². The third kappa shape index (κ3) is 5.47. The van der Waals surface area contributed by atoms with Crippen molar-refractivity contribution < 1.29 is 4.79 Å². The molecular formula is C29H37N3O. The van der Waals surface area contributed by atoms with Crippen LogP contribution < -0.4 is 5.32 Å². The summed E-state index contributed by atoms with van der Waals surface area (Å²) in [4.78, 5) is 16.2. The van der Waals surface area contributed by atoms with Crippen LogP contribution in [0.5, 0.6) is 0 Å². The molecule has 1 aliphatic heterocycles. The second kappa shape index (κ2) is 11.5. The Labute approximate surface area is 199 Å². The molecule has 1 saturated carbocycles. The maximum Gasteiger partial charge on any atom is 0.226 e. The number of benzene rings is 2. The van der Waals surface area contributed by atoms with Gasteiger partial charge in [-0.2, -0.15) is 5.26 Å². The Morgan fingerprint density at radius 3 is 2.52 bits per heavy atom. The van der Waals surface area contributed by atoms with Crippen LogP contribution in [0.2, 0.25) is 0 Å². The van der Waals surface area contributed by atoms with Gasteiger partial charge in [-0.25, -0.2) is 0 Å². The molecule has 33 heavy (non-hydrogen) atoms. The SMILES string of the molecule is CCCCC1CC(NCc2ccccc2C#N)C(c2ccccc2)N1C(=O)C1CCCCC1. The van der Waals surface area contributed by atoms with Gasteiger partial charge in [0, 0.05) is 24.5 Å². The molecule has 1 heterocycles. The molecule has 3 unspecified atom stereocenters. The van der Waals surface area contributed by atoms with Gasteiger partial charge in [-0.15, -0.1) is 0 Å². The topological polar surface area (TPSA) is 56.1 Å². The molecule has 3 atom stereocenters. The first-order valence-corrected chi connectivity index (χ1v) is 12.8. The first-order valence-electron chi connectivity index (χ1n) is 12.8.